The van der Waals surface area contributed by atoms with Gasteiger partial charge in [0.2, 0.25) is 0 Å². The van der Waals surface area contributed by atoms with E-state index in [0.29, 0.717) is 6.04 Å². The van der Waals surface area contributed by atoms with Crippen molar-refractivity contribution in [2.24, 2.45) is 0 Å². The Hall–Kier alpha value is -0.343. The number of benzene rings is 1. The number of nitrogens with zero attached hydrogens (tertiary/aromatic N) is 4. The fourth-order valence-electron chi connectivity index (χ4n) is 3.20. The molecular formula is C20H35LiN4. The molecule has 0 N–H and O–H groups in total. The van der Waals surface area contributed by atoms with E-state index in [2.05, 4.69) is 66.2 Å². The maximum Gasteiger partial charge on any atom is 1.00 e. The summed E-state index contributed by atoms with van der Waals surface area (Å²) < 4.78 is 0. The normalized spacial score (nSPS) is 16.8. The van der Waals surface area contributed by atoms with E-state index >= 15 is 0 Å². The van der Waals surface area contributed by atoms with Gasteiger partial charge in [-0.2, -0.15) is 0 Å². The smallest absolute Gasteiger partial charge is 0.654 e. The molecule has 0 aromatic heterocycles. The Morgan fingerprint density at radius 2 is 1.64 bits per heavy atom. The van der Waals surface area contributed by atoms with Gasteiger partial charge >= 0.3 is 18.9 Å². The van der Waals surface area contributed by atoms with Gasteiger partial charge in [0.05, 0.1) is 0 Å². The number of likely N-dealkylation sites (N-methyl/N-ethyl adjacent to an activating group) is 2. The second-order valence-electron chi connectivity index (χ2n) is 7.30. The van der Waals surface area contributed by atoms with Gasteiger partial charge in [0.1, 0.15) is 0 Å². The number of hydrogen-bond acceptors (Lipinski definition) is 3. The van der Waals surface area contributed by atoms with Crippen LogP contribution in [0.25, 0.3) is 5.32 Å². The summed E-state index contributed by atoms with van der Waals surface area (Å²) in [5.41, 5.74) is 1.36. The molecule has 1 aliphatic heterocycles. The minimum absolute atomic E-state index is 0. The average Bonchev–Trinajstić information content (AvgIpc) is 2.61. The monoisotopic (exact) mass is 338 g/mol. The minimum atomic E-state index is 0. The molecule has 1 aliphatic rings. The van der Waals surface area contributed by atoms with Crippen molar-refractivity contribution in [1.29, 1.82) is 0 Å². The van der Waals surface area contributed by atoms with E-state index in [-0.39, 0.29) is 18.9 Å². The molecule has 0 aliphatic carbocycles. The molecule has 1 saturated heterocycles. The summed E-state index contributed by atoms with van der Waals surface area (Å²) in [4.78, 5) is 7.21. The van der Waals surface area contributed by atoms with Crippen molar-refractivity contribution in [3.63, 3.8) is 0 Å². The molecule has 0 saturated carbocycles. The van der Waals surface area contributed by atoms with Gasteiger partial charge in [-0.1, -0.05) is 48.4 Å². The molecule has 0 unspecified atom stereocenters. The molecule has 5 heteroatoms. The van der Waals surface area contributed by atoms with Crippen molar-refractivity contribution in [3.8, 4) is 0 Å². The van der Waals surface area contributed by atoms with Crippen molar-refractivity contribution < 1.29 is 18.9 Å². The van der Waals surface area contributed by atoms with Gasteiger partial charge in [0.25, 0.3) is 0 Å². The van der Waals surface area contributed by atoms with E-state index < -0.39 is 0 Å². The Morgan fingerprint density at radius 1 is 0.960 bits per heavy atom. The molecule has 1 atom stereocenters. The second kappa shape index (κ2) is 12.9. The predicted octanol–water partition coefficient (Wildman–Crippen LogP) is 0.0847. The molecule has 25 heavy (non-hydrogen) atoms. The van der Waals surface area contributed by atoms with Crippen LogP contribution in [0.1, 0.15) is 30.9 Å². The number of likely N-dealkylation sites (tertiary alicyclic amines) is 1. The predicted molar refractivity (Wildman–Crippen MR) is 104 cm³/mol. The van der Waals surface area contributed by atoms with E-state index in [9.17, 15) is 0 Å². The third-order valence-electron chi connectivity index (χ3n) is 4.82. The van der Waals surface area contributed by atoms with Crippen LogP contribution in [0.2, 0.25) is 0 Å². The molecule has 2 rings (SSSR count). The van der Waals surface area contributed by atoms with E-state index in [0.717, 1.165) is 32.7 Å². The molecule has 0 amide bonds. The Labute approximate surface area is 167 Å². The van der Waals surface area contributed by atoms with Crippen molar-refractivity contribution in [1.82, 2.24) is 14.7 Å². The van der Waals surface area contributed by atoms with Crippen LogP contribution in [0.15, 0.2) is 30.3 Å². The quantitative estimate of drug-likeness (QED) is 0.565. The van der Waals surface area contributed by atoms with Crippen LogP contribution in [0, 0.1) is 0 Å². The van der Waals surface area contributed by atoms with Crippen molar-refractivity contribution in [2.45, 2.75) is 25.3 Å². The van der Waals surface area contributed by atoms with Crippen LogP contribution in [-0.4, -0.2) is 81.7 Å². The topological polar surface area (TPSA) is 23.8 Å². The maximum atomic E-state index is 5.06. The summed E-state index contributed by atoms with van der Waals surface area (Å²) in [5.74, 6) is 0. The molecular weight excluding hydrogens is 303 g/mol. The van der Waals surface area contributed by atoms with Crippen LogP contribution in [0.3, 0.4) is 0 Å². The van der Waals surface area contributed by atoms with Gasteiger partial charge in [-0.3, -0.25) is 0 Å². The Bertz CT molecular complexity index is 435. The Kier molecular flexibility index (Phi) is 11.7. The van der Waals surface area contributed by atoms with Crippen LogP contribution < -0.4 is 18.9 Å². The molecule has 1 aromatic rings. The molecule has 1 fully saturated rings. The maximum absolute atomic E-state index is 5.06. The number of hydrogen-bond donors (Lipinski definition) is 0. The molecule has 0 spiro atoms. The van der Waals surface area contributed by atoms with Gasteiger partial charge in [-0.05, 0) is 60.2 Å². The van der Waals surface area contributed by atoms with Crippen molar-refractivity contribution >= 4 is 0 Å². The van der Waals surface area contributed by atoms with Crippen LogP contribution in [-0.2, 0) is 0 Å². The van der Waals surface area contributed by atoms with E-state index in [1.807, 2.05) is 0 Å². The summed E-state index contributed by atoms with van der Waals surface area (Å²) >= 11 is 0. The van der Waals surface area contributed by atoms with Crippen LogP contribution >= 0.6 is 0 Å². The average molecular weight is 338 g/mol. The van der Waals surface area contributed by atoms with Crippen molar-refractivity contribution in [2.75, 3.05) is 67.0 Å². The van der Waals surface area contributed by atoms with E-state index in [4.69, 9.17) is 5.32 Å². The molecule has 136 valence electrons. The van der Waals surface area contributed by atoms with Crippen LogP contribution in [0.5, 0.6) is 0 Å². The minimum Gasteiger partial charge on any atom is -0.654 e. The molecule has 0 bridgehead atoms. The standard InChI is InChI=1S/C20H35N4.Li/c1-22(2)16-17-23(3)15-12-21-20(19-10-6-4-7-11-19)18-24-13-8-5-9-14-24;/h4,6-7,10-11,20H,5,8-9,12-18H2,1-3H3;/q-1;+1/t20-;/m0./s1. The van der Waals surface area contributed by atoms with Gasteiger partial charge in [-0.15, -0.1) is 6.54 Å². The molecule has 1 heterocycles. The first-order valence-electron chi connectivity index (χ1n) is 9.42. The zero-order valence-electron chi connectivity index (χ0n) is 16.8. The van der Waals surface area contributed by atoms with Crippen molar-refractivity contribution in [3.05, 3.63) is 41.2 Å². The summed E-state index contributed by atoms with van der Waals surface area (Å²) in [6.45, 7) is 7.71. The summed E-state index contributed by atoms with van der Waals surface area (Å²) in [7, 11) is 6.45. The summed E-state index contributed by atoms with van der Waals surface area (Å²) in [5, 5.41) is 5.06. The Balaban J connectivity index is 0.00000312. The van der Waals surface area contributed by atoms with Gasteiger partial charge < -0.3 is 20.0 Å². The fraction of sp³-hybridized carbons (Fsp3) is 0.700. The first-order chi connectivity index (χ1) is 11.6. The second-order valence-corrected chi connectivity index (χ2v) is 7.30. The first-order valence-corrected chi connectivity index (χ1v) is 9.42. The third-order valence-corrected chi connectivity index (χ3v) is 4.82. The summed E-state index contributed by atoms with van der Waals surface area (Å²) in [6.07, 6.45) is 4.07. The number of piperidine rings is 1. The molecule has 4 nitrogen and oxygen atoms in total. The summed E-state index contributed by atoms with van der Waals surface area (Å²) in [6, 6.07) is 11.1. The number of rotatable bonds is 10. The molecule has 0 radical (unpaired) electrons. The zero-order valence-corrected chi connectivity index (χ0v) is 16.8. The SMILES string of the molecule is CN(C)CCN(C)CC[N-][C@@H](CN1CCCCC1)c1ccccc1.[Li+]. The van der Waals surface area contributed by atoms with Crippen LogP contribution in [0.4, 0.5) is 0 Å². The van der Waals surface area contributed by atoms with E-state index in [1.54, 1.807) is 0 Å². The van der Waals surface area contributed by atoms with Gasteiger partial charge in [-0.25, -0.2) is 0 Å². The van der Waals surface area contributed by atoms with Gasteiger partial charge in [0.15, 0.2) is 0 Å². The Morgan fingerprint density at radius 3 is 2.28 bits per heavy atom. The fourth-order valence-corrected chi connectivity index (χ4v) is 3.20. The van der Waals surface area contributed by atoms with Gasteiger partial charge in [0, 0.05) is 13.1 Å². The molecule has 1 aromatic carbocycles. The first kappa shape index (κ1) is 22.7. The third kappa shape index (κ3) is 9.24. The zero-order chi connectivity index (χ0) is 17.2. The largest absolute Gasteiger partial charge is 1.00 e. The van der Waals surface area contributed by atoms with E-state index in [1.165, 1.54) is 37.9 Å².